The summed E-state index contributed by atoms with van der Waals surface area (Å²) in [4.78, 5) is 42.3. The monoisotopic (exact) mass is 238 g/mol. The molecule has 80 valence electrons. The normalized spacial score (nSPS) is 7.64. The van der Waals surface area contributed by atoms with Crippen molar-refractivity contribution in [2.24, 2.45) is 0 Å². The van der Waals surface area contributed by atoms with E-state index in [1.165, 1.54) is 0 Å². The smallest absolute Gasteiger partial charge is 0.822 e. The third-order valence-corrected chi connectivity index (χ3v) is 0. The first-order chi connectivity index (χ1) is 5.46. The van der Waals surface area contributed by atoms with Gasteiger partial charge in [-0.05, 0) is 12.3 Å². The fourth-order valence-corrected chi connectivity index (χ4v) is 0. The number of carboxylic acid groups (broad SMARTS) is 4. The summed E-state index contributed by atoms with van der Waals surface area (Å²) in [6.45, 7) is 0. The van der Waals surface area contributed by atoms with E-state index in [2.05, 4.69) is 0 Å². The Morgan fingerprint density at radius 2 is 0.786 bits per heavy atom. The van der Waals surface area contributed by atoms with Crippen LogP contribution in [0.2, 0.25) is 0 Å². The summed E-state index contributed by atoms with van der Waals surface area (Å²) in [6.07, 6.45) is -4.67. The summed E-state index contributed by atoms with van der Waals surface area (Å²) in [6, 6.07) is 0. The minimum absolute atomic E-state index is 0. The van der Waals surface area contributed by atoms with Gasteiger partial charge < -0.3 is 49.3 Å². The molecule has 0 saturated carbocycles. The van der Waals surface area contributed by atoms with Gasteiger partial charge in [0.25, 0.3) is 0 Å². The van der Waals surface area contributed by atoms with Gasteiger partial charge in [-0.25, -0.2) is 0 Å². The maximum Gasteiger partial charge on any atom is 1.00 e. The molecule has 0 bridgehead atoms. The molecule has 0 radical (unpaired) electrons. The molecule has 0 spiro atoms. The number of hydrogen-bond donors (Lipinski definition) is 0. The van der Waals surface area contributed by atoms with Crippen LogP contribution in [0.3, 0.4) is 0 Å². The molecule has 12 heteroatoms. The molecular weight excluding hydrogens is 238 g/mol. The van der Waals surface area contributed by atoms with E-state index in [1.54, 1.807) is 0 Å². The third kappa shape index (κ3) is 10800. The Hall–Kier alpha value is -0.350. The van der Waals surface area contributed by atoms with E-state index in [1.807, 2.05) is 0 Å². The van der Waals surface area contributed by atoms with Gasteiger partial charge in [0.2, 0.25) is 0 Å². The van der Waals surface area contributed by atoms with E-state index < -0.39 is 20.1 Å². The fourth-order valence-electron chi connectivity index (χ4n) is 0. The minimum Gasteiger partial charge on any atom is -0.822 e. The van der Waals surface area contributed by atoms with Crippen LogP contribution in [-0.4, -0.2) is 12.3 Å². The van der Waals surface area contributed by atoms with Crippen molar-refractivity contribution in [1.29, 1.82) is 0 Å². The predicted octanol–water partition coefficient (Wildman–Crippen LogP) is -10.7. The van der Waals surface area contributed by atoms with Gasteiger partial charge in [0.1, 0.15) is 0 Å². The van der Waals surface area contributed by atoms with Crippen molar-refractivity contribution in [3.8, 4) is 0 Å². The van der Waals surface area contributed by atoms with Gasteiger partial charge >= 0.3 is 29.6 Å². The zero-order valence-corrected chi connectivity index (χ0v) is 9.42. The molecule has 0 unspecified atom stereocenters. The topological polar surface area (TPSA) is 213 Å². The maximum absolute atomic E-state index is 8.55. The SMILES string of the molecule is O=C([O-])[O-].O=C([O-])[O-].O=P([O-])([O-])[O-].[Na+]. The molecule has 0 N–H and O–H groups in total. The Morgan fingerprint density at radius 1 is 0.786 bits per heavy atom. The van der Waals surface area contributed by atoms with Crippen molar-refractivity contribution in [3.05, 3.63) is 0 Å². The Balaban J connectivity index is -0.0000000522. The van der Waals surface area contributed by atoms with Crippen molar-refractivity contribution < 1.29 is 78.8 Å². The van der Waals surface area contributed by atoms with Gasteiger partial charge in [-0.3, -0.25) is 0 Å². The van der Waals surface area contributed by atoms with E-state index in [9.17, 15) is 0 Å². The second-order valence-corrected chi connectivity index (χ2v) is 1.84. The number of phosphoric acid groups is 1. The summed E-state index contributed by atoms with van der Waals surface area (Å²) >= 11 is 0. The molecular formula is C2NaO10P-6. The van der Waals surface area contributed by atoms with Crippen LogP contribution in [0, 0.1) is 0 Å². The molecule has 0 aliphatic rings. The molecule has 0 aromatic carbocycles. The number of carbonyl (C=O) groups excluding carboxylic acids is 2. The van der Waals surface area contributed by atoms with E-state index in [-0.39, 0.29) is 29.6 Å². The van der Waals surface area contributed by atoms with Crippen molar-refractivity contribution in [1.82, 2.24) is 0 Å². The number of hydrogen-bond acceptors (Lipinski definition) is 10. The van der Waals surface area contributed by atoms with Crippen LogP contribution < -0.4 is 64.7 Å². The molecule has 0 amide bonds. The summed E-state index contributed by atoms with van der Waals surface area (Å²) in [5, 5.41) is 33.3. The van der Waals surface area contributed by atoms with E-state index in [0.717, 1.165) is 0 Å². The average molecular weight is 238 g/mol. The quantitative estimate of drug-likeness (QED) is 0.286. The molecule has 0 aromatic rings. The second-order valence-electron chi connectivity index (χ2n) is 0.947. The molecule has 14 heavy (non-hydrogen) atoms. The summed E-state index contributed by atoms with van der Waals surface area (Å²) in [5.41, 5.74) is 0. The second kappa shape index (κ2) is 12.7. The first-order valence-corrected chi connectivity index (χ1v) is 3.42. The molecule has 0 aliphatic carbocycles. The van der Waals surface area contributed by atoms with E-state index in [4.69, 9.17) is 49.3 Å². The van der Waals surface area contributed by atoms with Crippen LogP contribution in [0.15, 0.2) is 0 Å². The van der Waals surface area contributed by atoms with Gasteiger partial charge in [-0.2, -0.15) is 7.82 Å². The van der Waals surface area contributed by atoms with Crippen molar-refractivity contribution in [2.45, 2.75) is 0 Å². The molecule has 0 rings (SSSR count). The molecule has 0 fully saturated rings. The van der Waals surface area contributed by atoms with Crippen LogP contribution in [0.1, 0.15) is 0 Å². The van der Waals surface area contributed by atoms with Crippen LogP contribution in [0.25, 0.3) is 0 Å². The first kappa shape index (κ1) is 23.5. The summed E-state index contributed by atoms with van der Waals surface area (Å²) in [5.74, 6) is 0. The summed E-state index contributed by atoms with van der Waals surface area (Å²) in [7, 11) is -5.39. The van der Waals surface area contributed by atoms with Crippen LogP contribution in [0.4, 0.5) is 9.59 Å². The van der Waals surface area contributed by atoms with Crippen LogP contribution in [0.5, 0.6) is 0 Å². The van der Waals surface area contributed by atoms with Crippen molar-refractivity contribution >= 4 is 20.1 Å². The minimum atomic E-state index is -5.39. The Labute approximate surface area is 99.0 Å². The maximum atomic E-state index is 8.55. The van der Waals surface area contributed by atoms with E-state index in [0.29, 0.717) is 0 Å². The van der Waals surface area contributed by atoms with Crippen LogP contribution >= 0.6 is 7.82 Å². The first-order valence-electron chi connectivity index (χ1n) is 1.96. The van der Waals surface area contributed by atoms with Crippen LogP contribution in [-0.2, 0) is 4.57 Å². The molecule has 0 heterocycles. The zero-order chi connectivity index (χ0) is 11.7. The van der Waals surface area contributed by atoms with Crippen molar-refractivity contribution in [2.75, 3.05) is 0 Å². The molecule has 0 atom stereocenters. The molecule has 10 nitrogen and oxygen atoms in total. The molecule has 0 saturated heterocycles. The Bertz CT molecular complexity index is 166. The number of carbonyl (C=O) groups is 2. The van der Waals surface area contributed by atoms with Gasteiger partial charge in [-0.1, -0.05) is 0 Å². The van der Waals surface area contributed by atoms with Gasteiger partial charge in [0.05, 0.1) is 0 Å². The molecule has 0 aromatic heterocycles. The Kier molecular flexibility index (Phi) is 21.2. The number of rotatable bonds is 0. The van der Waals surface area contributed by atoms with Crippen molar-refractivity contribution in [3.63, 3.8) is 0 Å². The molecule has 0 aliphatic heterocycles. The Morgan fingerprint density at radius 3 is 0.786 bits per heavy atom. The standard InChI is InChI=1S/2CH2O3.Na.H3O4P/c2*2-1(3)4;;1-5(2,3)4/h2*(H2,2,3,4);;(H3,1,2,3,4)/q;;+1;/p-7. The van der Waals surface area contributed by atoms with Gasteiger partial charge in [0.15, 0.2) is 0 Å². The van der Waals surface area contributed by atoms with E-state index >= 15 is 0 Å². The zero-order valence-electron chi connectivity index (χ0n) is 6.53. The fraction of sp³-hybridized carbons (Fsp3) is 0. The largest absolute Gasteiger partial charge is 1.00 e. The average Bonchev–Trinajstić information content (AvgIpc) is 1.50. The third-order valence-electron chi connectivity index (χ3n) is 0. The predicted molar refractivity (Wildman–Crippen MR) is 18.4 cm³/mol. The van der Waals surface area contributed by atoms with Gasteiger partial charge in [-0.15, -0.1) is 0 Å². The van der Waals surface area contributed by atoms with Gasteiger partial charge in [0, 0.05) is 0 Å². The summed E-state index contributed by atoms with van der Waals surface area (Å²) < 4.78 is 8.55.